The van der Waals surface area contributed by atoms with Crippen LogP contribution < -0.4 is 20.3 Å². The Hall–Kier alpha value is -5.07. The standard InChI is InChI=1S/C29H30FN7O5/c1-31-28(39)23-14-19(22-9-11-26(38)32-27(22)30)8-10-24(23)42-16-18-5-4-12-37(15-18)29(40)20-6-3-7-21(13-20)41-17-25-33-34-35-36(25)2/h3,6-11,13-14,18H,4-5,12,15-17H2,1-2H3,(H,31,39)(H,32,38)/t18-/m0/s1. The number of nitrogens with zero attached hydrogens (tertiary/aromatic N) is 5. The van der Waals surface area contributed by atoms with E-state index in [2.05, 4.69) is 25.8 Å². The molecule has 1 aliphatic heterocycles. The minimum Gasteiger partial charge on any atom is -0.492 e. The lowest BCUT2D eigenvalue weighted by Gasteiger charge is -2.33. The molecule has 4 aromatic rings. The number of aromatic amines is 1. The number of hydrogen-bond donors (Lipinski definition) is 2. The van der Waals surface area contributed by atoms with Crippen LogP contribution >= 0.6 is 0 Å². The van der Waals surface area contributed by atoms with Crippen LogP contribution in [0.25, 0.3) is 11.1 Å². The van der Waals surface area contributed by atoms with E-state index in [0.717, 1.165) is 12.8 Å². The van der Waals surface area contributed by atoms with Crippen molar-refractivity contribution >= 4 is 11.8 Å². The summed E-state index contributed by atoms with van der Waals surface area (Å²) in [6.07, 6.45) is 1.66. The van der Waals surface area contributed by atoms with Gasteiger partial charge in [-0.3, -0.25) is 19.4 Å². The number of piperidine rings is 1. The molecule has 0 aliphatic carbocycles. The van der Waals surface area contributed by atoms with E-state index >= 15 is 0 Å². The number of nitrogens with one attached hydrogen (secondary N) is 2. The maximum atomic E-state index is 14.4. The van der Waals surface area contributed by atoms with E-state index in [1.165, 1.54) is 29.9 Å². The Morgan fingerprint density at radius 1 is 1.14 bits per heavy atom. The highest BCUT2D eigenvalue weighted by Gasteiger charge is 2.26. The van der Waals surface area contributed by atoms with Gasteiger partial charge >= 0.3 is 0 Å². The van der Waals surface area contributed by atoms with Crippen LogP contribution in [0.3, 0.4) is 0 Å². The molecule has 5 rings (SSSR count). The van der Waals surface area contributed by atoms with Crippen molar-refractivity contribution in [2.75, 3.05) is 26.7 Å². The Balaban J connectivity index is 1.24. The molecule has 3 heterocycles. The number of H-pyrrole nitrogens is 1. The van der Waals surface area contributed by atoms with Gasteiger partial charge in [-0.25, -0.2) is 4.68 Å². The van der Waals surface area contributed by atoms with Crippen molar-refractivity contribution in [2.24, 2.45) is 13.0 Å². The highest BCUT2D eigenvalue weighted by atomic mass is 19.1. The monoisotopic (exact) mass is 575 g/mol. The molecule has 1 fully saturated rings. The molecule has 2 aromatic carbocycles. The van der Waals surface area contributed by atoms with E-state index in [1.807, 2.05) is 0 Å². The van der Waals surface area contributed by atoms with Crippen LogP contribution in [0.5, 0.6) is 11.5 Å². The lowest BCUT2D eigenvalue weighted by atomic mass is 9.98. The van der Waals surface area contributed by atoms with Crippen LogP contribution in [-0.4, -0.2) is 68.6 Å². The van der Waals surface area contributed by atoms with Crippen LogP contribution in [0.15, 0.2) is 59.4 Å². The largest absolute Gasteiger partial charge is 0.492 e. The zero-order chi connectivity index (χ0) is 29.6. The molecule has 13 heteroatoms. The molecule has 0 radical (unpaired) electrons. The second kappa shape index (κ2) is 12.6. The molecule has 0 bridgehead atoms. The van der Waals surface area contributed by atoms with Crippen molar-refractivity contribution in [3.8, 4) is 22.6 Å². The zero-order valence-corrected chi connectivity index (χ0v) is 23.2. The number of rotatable bonds is 9. The molecule has 0 unspecified atom stereocenters. The highest BCUT2D eigenvalue weighted by molar-refractivity contribution is 5.98. The third kappa shape index (κ3) is 6.45. The van der Waals surface area contributed by atoms with Crippen molar-refractivity contribution < 1.29 is 23.5 Å². The molecule has 2 amide bonds. The van der Waals surface area contributed by atoms with Gasteiger partial charge in [0.25, 0.3) is 11.8 Å². The number of tetrazole rings is 1. The second-order valence-corrected chi connectivity index (χ2v) is 9.95. The Bertz CT molecular complexity index is 1650. The van der Waals surface area contributed by atoms with Gasteiger partial charge in [-0.2, -0.15) is 4.39 Å². The average Bonchev–Trinajstić information content (AvgIpc) is 3.42. The van der Waals surface area contributed by atoms with E-state index in [1.54, 1.807) is 48.3 Å². The van der Waals surface area contributed by atoms with Gasteiger partial charge in [0.1, 0.15) is 18.1 Å². The number of carbonyl (C=O) groups is 2. The summed E-state index contributed by atoms with van der Waals surface area (Å²) in [5, 5.41) is 13.8. The first-order chi connectivity index (χ1) is 20.3. The first-order valence-corrected chi connectivity index (χ1v) is 13.4. The van der Waals surface area contributed by atoms with Gasteiger partial charge in [-0.05, 0) is 65.2 Å². The smallest absolute Gasteiger partial charge is 0.254 e. The number of amides is 2. The summed E-state index contributed by atoms with van der Waals surface area (Å²) in [7, 11) is 3.22. The van der Waals surface area contributed by atoms with Crippen LogP contribution in [0.4, 0.5) is 4.39 Å². The van der Waals surface area contributed by atoms with E-state index in [0.29, 0.717) is 41.5 Å². The van der Waals surface area contributed by atoms with Crippen LogP contribution in [0, 0.1) is 11.9 Å². The topological polar surface area (TPSA) is 144 Å². The van der Waals surface area contributed by atoms with E-state index in [4.69, 9.17) is 9.47 Å². The van der Waals surface area contributed by atoms with Crippen molar-refractivity contribution in [2.45, 2.75) is 19.4 Å². The molecule has 1 atom stereocenters. The molecule has 42 heavy (non-hydrogen) atoms. The second-order valence-electron chi connectivity index (χ2n) is 9.95. The Kier molecular flexibility index (Phi) is 8.55. The minimum absolute atomic E-state index is 0.0411. The molecule has 12 nitrogen and oxygen atoms in total. The van der Waals surface area contributed by atoms with E-state index in [-0.39, 0.29) is 36.2 Å². The maximum Gasteiger partial charge on any atom is 0.254 e. The Labute approximate surface area is 240 Å². The number of benzene rings is 2. The van der Waals surface area contributed by atoms with Crippen molar-refractivity contribution in [3.63, 3.8) is 0 Å². The Morgan fingerprint density at radius 2 is 2.00 bits per heavy atom. The third-order valence-electron chi connectivity index (χ3n) is 7.07. The summed E-state index contributed by atoms with van der Waals surface area (Å²) in [5.41, 5.74) is 0.770. The number of likely N-dealkylation sites (tertiary alicyclic amines) is 1. The molecular formula is C29H30FN7O5. The highest BCUT2D eigenvalue weighted by Crippen LogP contribution is 2.29. The van der Waals surface area contributed by atoms with Gasteiger partial charge in [-0.1, -0.05) is 12.1 Å². The summed E-state index contributed by atoms with van der Waals surface area (Å²) in [6.45, 7) is 1.57. The number of ether oxygens (including phenoxy) is 2. The summed E-state index contributed by atoms with van der Waals surface area (Å²) in [4.78, 5) is 41.3. The fourth-order valence-electron chi connectivity index (χ4n) is 4.82. The maximum absolute atomic E-state index is 14.4. The number of carbonyl (C=O) groups excluding carboxylic acids is 2. The normalized spacial score (nSPS) is 14.8. The van der Waals surface area contributed by atoms with Crippen molar-refractivity contribution in [3.05, 3.63) is 87.9 Å². The lowest BCUT2D eigenvalue weighted by Crippen LogP contribution is -2.41. The lowest BCUT2D eigenvalue weighted by molar-refractivity contribution is 0.0632. The van der Waals surface area contributed by atoms with Gasteiger partial charge in [0.05, 0.1) is 12.2 Å². The Morgan fingerprint density at radius 3 is 2.76 bits per heavy atom. The number of pyridine rings is 1. The molecule has 2 aromatic heterocycles. The summed E-state index contributed by atoms with van der Waals surface area (Å²) in [6, 6.07) is 14.3. The predicted octanol–water partition coefficient (Wildman–Crippen LogP) is 2.57. The number of hydrogen-bond acceptors (Lipinski definition) is 8. The SMILES string of the molecule is CNC(=O)c1cc(-c2ccc(=O)[nH]c2F)ccc1OC[C@H]1CCCN(C(=O)c2cccc(OCc3nnnn3C)c2)C1. The average molecular weight is 576 g/mol. The molecular weight excluding hydrogens is 545 g/mol. The molecule has 1 aliphatic rings. The number of aromatic nitrogens is 5. The van der Waals surface area contributed by atoms with Crippen LogP contribution in [0.2, 0.25) is 0 Å². The molecule has 1 saturated heterocycles. The van der Waals surface area contributed by atoms with Gasteiger partial charge in [-0.15, -0.1) is 5.10 Å². The van der Waals surface area contributed by atoms with Crippen molar-refractivity contribution in [1.82, 2.24) is 35.4 Å². The number of halogens is 1. The van der Waals surface area contributed by atoms with Crippen LogP contribution in [0.1, 0.15) is 39.4 Å². The fraction of sp³-hybridized carbons (Fsp3) is 0.310. The minimum atomic E-state index is -0.786. The van der Waals surface area contributed by atoms with Gasteiger partial charge < -0.3 is 19.7 Å². The summed E-state index contributed by atoms with van der Waals surface area (Å²) >= 11 is 0. The first kappa shape index (κ1) is 28.5. The fourth-order valence-corrected chi connectivity index (χ4v) is 4.82. The number of aryl methyl sites for hydroxylation is 1. The molecule has 0 spiro atoms. The van der Waals surface area contributed by atoms with E-state index in [9.17, 15) is 18.8 Å². The quantitative estimate of drug-likeness (QED) is 0.290. The van der Waals surface area contributed by atoms with Crippen LogP contribution in [-0.2, 0) is 13.7 Å². The predicted molar refractivity (Wildman–Crippen MR) is 150 cm³/mol. The van der Waals surface area contributed by atoms with E-state index < -0.39 is 17.4 Å². The zero-order valence-electron chi connectivity index (χ0n) is 23.2. The third-order valence-corrected chi connectivity index (χ3v) is 7.07. The first-order valence-electron chi connectivity index (χ1n) is 13.4. The van der Waals surface area contributed by atoms with Gasteiger partial charge in [0.2, 0.25) is 11.5 Å². The van der Waals surface area contributed by atoms with Crippen molar-refractivity contribution in [1.29, 1.82) is 0 Å². The van der Waals surface area contributed by atoms with Gasteiger partial charge in [0, 0.05) is 50.3 Å². The molecule has 0 saturated carbocycles. The van der Waals surface area contributed by atoms with Gasteiger partial charge in [0.15, 0.2) is 5.82 Å². The molecule has 2 N–H and O–H groups in total. The summed E-state index contributed by atoms with van der Waals surface area (Å²) < 4.78 is 27.7. The molecule has 218 valence electrons. The summed E-state index contributed by atoms with van der Waals surface area (Å²) in [5.74, 6) is 0.189.